The molecule has 0 spiro atoms. The van der Waals surface area contributed by atoms with Gasteiger partial charge in [0.2, 0.25) is 0 Å². The number of carbonyl (C=O) groups is 2. The van der Waals surface area contributed by atoms with E-state index >= 15 is 0 Å². The van der Waals surface area contributed by atoms with Crippen molar-refractivity contribution < 1.29 is 23.1 Å². The third-order valence-corrected chi connectivity index (χ3v) is 4.64. The molecule has 31 heavy (non-hydrogen) atoms. The molecule has 0 aromatic heterocycles. The number of hydrogen-bond donors (Lipinski definition) is 0. The first kappa shape index (κ1) is 20.2. The van der Waals surface area contributed by atoms with Crippen LogP contribution in [0.5, 0.6) is 11.5 Å². The first-order valence-electron chi connectivity index (χ1n) is 9.48. The van der Waals surface area contributed by atoms with Gasteiger partial charge in [0.25, 0.3) is 0 Å². The first-order chi connectivity index (χ1) is 15.0. The largest absolute Gasteiger partial charge is 0.457 e. The third-order valence-electron chi connectivity index (χ3n) is 4.64. The van der Waals surface area contributed by atoms with Gasteiger partial charge in [-0.15, -0.1) is 0 Å². The summed E-state index contributed by atoms with van der Waals surface area (Å²) < 4.78 is 32.4. The molecule has 4 rings (SSSR count). The Morgan fingerprint density at radius 3 is 1.26 bits per heavy atom. The third kappa shape index (κ3) is 4.73. The van der Waals surface area contributed by atoms with Crippen LogP contribution >= 0.6 is 0 Å². The van der Waals surface area contributed by atoms with Gasteiger partial charge in [0.05, 0.1) is 0 Å². The molecule has 0 unspecified atom stereocenters. The van der Waals surface area contributed by atoms with Crippen molar-refractivity contribution in [2.75, 3.05) is 0 Å². The number of ketones is 2. The molecular weight excluding hydrogens is 398 g/mol. The number of ether oxygens (including phenoxy) is 1. The highest BCUT2D eigenvalue weighted by molar-refractivity contribution is 6.09. The topological polar surface area (TPSA) is 43.4 Å². The molecular formula is C26H16F2O3. The van der Waals surface area contributed by atoms with Crippen LogP contribution in [0.1, 0.15) is 31.8 Å². The molecule has 0 aliphatic carbocycles. The minimum absolute atomic E-state index is 0.271. The molecule has 0 aliphatic heterocycles. The van der Waals surface area contributed by atoms with Crippen molar-refractivity contribution in [3.05, 3.63) is 131 Å². The Morgan fingerprint density at radius 1 is 0.516 bits per heavy atom. The lowest BCUT2D eigenvalue weighted by Gasteiger charge is -2.08. The Morgan fingerprint density at radius 2 is 0.903 bits per heavy atom. The number of benzene rings is 4. The lowest BCUT2D eigenvalue weighted by atomic mass is 10.0. The molecule has 5 heteroatoms. The molecule has 0 radical (unpaired) electrons. The normalized spacial score (nSPS) is 10.5. The van der Waals surface area contributed by atoms with E-state index in [9.17, 15) is 18.4 Å². The highest BCUT2D eigenvalue weighted by Crippen LogP contribution is 2.24. The molecule has 0 aliphatic rings. The van der Waals surface area contributed by atoms with Crippen molar-refractivity contribution in [1.29, 1.82) is 0 Å². The van der Waals surface area contributed by atoms with E-state index in [4.69, 9.17) is 4.74 Å². The molecule has 0 fully saturated rings. The second kappa shape index (κ2) is 8.71. The van der Waals surface area contributed by atoms with Crippen molar-refractivity contribution in [1.82, 2.24) is 0 Å². The van der Waals surface area contributed by atoms with Crippen molar-refractivity contribution >= 4 is 11.6 Å². The summed E-state index contributed by atoms with van der Waals surface area (Å²) in [7, 11) is 0. The van der Waals surface area contributed by atoms with Gasteiger partial charge in [-0.25, -0.2) is 8.78 Å². The fourth-order valence-electron chi connectivity index (χ4n) is 3.08. The number of hydrogen-bond acceptors (Lipinski definition) is 3. The van der Waals surface area contributed by atoms with Gasteiger partial charge >= 0.3 is 0 Å². The fraction of sp³-hybridized carbons (Fsp3) is 0. The van der Waals surface area contributed by atoms with Crippen LogP contribution in [-0.4, -0.2) is 11.6 Å². The summed E-state index contributed by atoms with van der Waals surface area (Å²) in [6.07, 6.45) is 0. The van der Waals surface area contributed by atoms with Gasteiger partial charge in [-0.05, 0) is 72.8 Å². The van der Waals surface area contributed by atoms with Gasteiger partial charge in [0.1, 0.15) is 23.1 Å². The maximum atomic E-state index is 13.3. The van der Waals surface area contributed by atoms with E-state index in [1.165, 1.54) is 36.4 Å². The molecule has 0 amide bonds. The zero-order valence-corrected chi connectivity index (χ0v) is 16.2. The number of rotatable bonds is 6. The average Bonchev–Trinajstić information content (AvgIpc) is 2.79. The lowest BCUT2D eigenvalue weighted by molar-refractivity contribution is 0.103. The van der Waals surface area contributed by atoms with E-state index in [1.807, 2.05) is 0 Å². The summed E-state index contributed by atoms with van der Waals surface area (Å²) in [5, 5.41) is 0. The molecule has 4 aromatic carbocycles. The van der Waals surface area contributed by atoms with E-state index in [0.29, 0.717) is 22.6 Å². The molecule has 152 valence electrons. The monoisotopic (exact) mass is 414 g/mol. The molecule has 0 N–H and O–H groups in total. The summed E-state index contributed by atoms with van der Waals surface area (Å²) in [5.41, 5.74) is 1.36. The summed E-state index contributed by atoms with van der Waals surface area (Å²) in [4.78, 5) is 24.9. The minimum Gasteiger partial charge on any atom is -0.457 e. The maximum absolute atomic E-state index is 13.3. The summed E-state index contributed by atoms with van der Waals surface area (Å²) in [5.74, 6) is -0.507. The summed E-state index contributed by atoms with van der Waals surface area (Å²) in [6.45, 7) is 0. The van der Waals surface area contributed by atoms with Gasteiger partial charge in [0, 0.05) is 22.3 Å². The SMILES string of the molecule is O=C(c1ccc(Oc2ccc(C(=O)c3cccc(F)c3)cc2)cc1)c1cccc(F)c1. The van der Waals surface area contributed by atoms with Gasteiger partial charge < -0.3 is 4.74 Å². The van der Waals surface area contributed by atoms with E-state index in [0.717, 1.165) is 0 Å². The zero-order chi connectivity index (χ0) is 21.8. The number of carbonyl (C=O) groups excluding carboxylic acids is 2. The average molecular weight is 414 g/mol. The highest BCUT2D eigenvalue weighted by Gasteiger charge is 2.12. The molecule has 0 saturated heterocycles. The van der Waals surface area contributed by atoms with Crippen LogP contribution in [0.15, 0.2) is 97.1 Å². The van der Waals surface area contributed by atoms with E-state index < -0.39 is 11.6 Å². The van der Waals surface area contributed by atoms with Crippen LogP contribution in [0, 0.1) is 11.6 Å². The van der Waals surface area contributed by atoms with Crippen LogP contribution in [0.25, 0.3) is 0 Å². The van der Waals surface area contributed by atoms with Crippen LogP contribution in [0.4, 0.5) is 8.78 Å². The Bertz CT molecular complexity index is 1150. The predicted molar refractivity (Wildman–Crippen MR) is 113 cm³/mol. The van der Waals surface area contributed by atoms with Crippen LogP contribution in [0.3, 0.4) is 0 Å². The van der Waals surface area contributed by atoms with Gasteiger partial charge in [-0.1, -0.05) is 24.3 Å². The van der Waals surface area contributed by atoms with Crippen molar-refractivity contribution in [3.8, 4) is 11.5 Å². The Labute approximate surface area is 177 Å². The zero-order valence-electron chi connectivity index (χ0n) is 16.2. The highest BCUT2D eigenvalue weighted by atomic mass is 19.1. The smallest absolute Gasteiger partial charge is 0.193 e. The molecule has 4 aromatic rings. The van der Waals surface area contributed by atoms with E-state index in [2.05, 4.69) is 0 Å². The van der Waals surface area contributed by atoms with Crippen LogP contribution in [0.2, 0.25) is 0 Å². The molecule has 0 heterocycles. The van der Waals surface area contributed by atoms with Gasteiger partial charge in [0.15, 0.2) is 11.6 Å². The summed E-state index contributed by atoms with van der Waals surface area (Å²) in [6, 6.07) is 24.0. The molecule has 3 nitrogen and oxygen atoms in total. The van der Waals surface area contributed by atoms with Crippen molar-refractivity contribution in [3.63, 3.8) is 0 Å². The Balaban J connectivity index is 1.45. The maximum Gasteiger partial charge on any atom is 0.193 e. The fourth-order valence-corrected chi connectivity index (χ4v) is 3.08. The Kier molecular flexibility index (Phi) is 5.67. The minimum atomic E-state index is -0.467. The van der Waals surface area contributed by atoms with Crippen LogP contribution in [-0.2, 0) is 0 Å². The molecule has 0 bridgehead atoms. The molecule has 0 atom stereocenters. The predicted octanol–water partition coefficient (Wildman–Crippen LogP) is 6.22. The van der Waals surface area contributed by atoms with Crippen molar-refractivity contribution in [2.24, 2.45) is 0 Å². The van der Waals surface area contributed by atoms with Crippen LogP contribution < -0.4 is 4.74 Å². The quantitative estimate of drug-likeness (QED) is 0.352. The van der Waals surface area contributed by atoms with E-state index in [-0.39, 0.29) is 22.7 Å². The second-order valence-electron chi connectivity index (χ2n) is 6.83. The van der Waals surface area contributed by atoms with E-state index in [1.54, 1.807) is 60.7 Å². The standard InChI is InChI=1S/C26H16F2O3/c27-21-5-1-3-19(15-21)25(29)17-7-11-23(12-8-17)31-24-13-9-18(10-14-24)26(30)20-4-2-6-22(28)16-20/h1-16H. The first-order valence-corrected chi connectivity index (χ1v) is 9.48. The van der Waals surface area contributed by atoms with Gasteiger partial charge in [-0.3, -0.25) is 9.59 Å². The van der Waals surface area contributed by atoms with Gasteiger partial charge in [-0.2, -0.15) is 0 Å². The Hall–Kier alpha value is -4.12. The van der Waals surface area contributed by atoms with Crippen molar-refractivity contribution in [2.45, 2.75) is 0 Å². The lowest BCUT2D eigenvalue weighted by Crippen LogP contribution is -2.02. The summed E-state index contributed by atoms with van der Waals surface area (Å²) >= 11 is 0. The second-order valence-corrected chi connectivity index (χ2v) is 6.83. The molecule has 0 saturated carbocycles. The number of halogens is 2.